The molecule has 0 aliphatic heterocycles. The molecule has 0 aliphatic carbocycles. The largest absolute Gasteiger partial charge is 0.327 e. The maximum Gasteiger partial charge on any atom is 0.268 e. The van der Waals surface area contributed by atoms with Crippen LogP contribution in [0.1, 0.15) is 29.2 Å². The highest BCUT2D eigenvalue weighted by Crippen LogP contribution is 2.13. The van der Waals surface area contributed by atoms with Crippen LogP contribution in [0.15, 0.2) is 0 Å². The number of terminal acetylenes is 1. The molecule has 5 heteroatoms. The second-order valence-corrected chi connectivity index (χ2v) is 3.68. The second-order valence-electron chi connectivity index (χ2n) is 2.93. The molecule has 0 aliphatic rings. The van der Waals surface area contributed by atoms with Crippen molar-refractivity contribution < 1.29 is 4.79 Å². The second kappa shape index (κ2) is 5.47. The fourth-order valence-electron chi connectivity index (χ4n) is 1.18. The normalized spacial score (nSPS) is 9.67. The summed E-state index contributed by atoms with van der Waals surface area (Å²) in [4.78, 5) is 14.2. The van der Waals surface area contributed by atoms with E-state index in [4.69, 9.17) is 6.42 Å². The van der Waals surface area contributed by atoms with Crippen molar-refractivity contribution in [3.05, 3.63) is 10.6 Å². The van der Waals surface area contributed by atoms with Crippen molar-refractivity contribution in [1.82, 2.24) is 14.5 Å². The van der Waals surface area contributed by atoms with E-state index < -0.39 is 0 Å². The quantitative estimate of drug-likeness (QED) is 0.720. The van der Waals surface area contributed by atoms with Crippen LogP contribution < -0.4 is 0 Å². The van der Waals surface area contributed by atoms with E-state index in [1.54, 1.807) is 4.90 Å². The van der Waals surface area contributed by atoms with Crippen molar-refractivity contribution in [2.75, 3.05) is 13.1 Å². The first-order valence-electron chi connectivity index (χ1n) is 4.78. The Kier molecular flexibility index (Phi) is 4.25. The van der Waals surface area contributed by atoms with Gasteiger partial charge in [0.1, 0.15) is 4.88 Å². The Morgan fingerprint density at radius 2 is 2.33 bits per heavy atom. The highest BCUT2D eigenvalue weighted by atomic mass is 32.1. The summed E-state index contributed by atoms with van der Waals surface area (Å²) >= 11 is 1.13. The topological polar surface area (TPSA) is 46.1 Å². The van der Waals surface area contributed by atoms with Gasteiger partial charge in [-0.3, -0.25) is 4.79 Å². The highest BCUT2D eigenvalue weighted by molar-refractivity contribution is 7.08. The SMILES string of the molecule is C#CCN(CC)C(=O)c1snnc1CC. The van der Waals surface area contributed by atoms with Gasteiger partial charge in [0.25, 0.3) is 5.91 Å². The first kappa shape index (κ1) is 11.7. The van der Waals surface area contributed by atoms with Gasteiger partial charge in [0.15, 0.2) is 0 Å². The van der Waals surface area contributed by atoms with Gasteiger partial charge in [0.2, 0.25) is 0 Å². The third kappa shape index (κ3) is 2.54. The first-order chi connectivity index (χ1) is 7.24. The summed E-state index contributed by atoms with van der Waals surface area (Å²) in [5.74, 6) is 2.40. The summed E-state index contributed by atoms with van der Waals surface area (Å²) < 4.78 is 3.78. The number of aromatic nitrogens is 2. The Hall–Kier alpha value is -1.41. The molecule has 1 rings (SSSR count). The number of carbonyl (C=O) groups excluding carboxylic acids is 1. The Morgan fingerprint density at radius 1 is 1.60 bits per heavy atom. The van der Waals surface area contributed by atoms with Gasteiger partial charge in [-0.15, -0.1) is 11.5 Å². The van der Waals surface area contributed by atoms with Crippen LogP contribution in [0.25, 0.3) is 0 Å². The van der Waals surface area contributed by atoms with Crippen molar-refractivity contribution in [3.63, 3.8) is 0 Å². The molecule has 1 aromatic heterocycles. The Morgan fingerprint density at radius 3 is 2.87 bits per heavy atom. The fourth-order valence-corrected chi connectivity index (χ4v) is 1.90. The van der Waals surface area contributed by atoms with E-state index in [1.165, 1.54) is 0 Å². The number of aryl methyl sites for hydroxylation is 1. The molecule has 80 valence electrons. The van der Waals surface area contributed by atoms with Gasteiger partial charge in [0, 0.05) is 6.54 Å². The third-order valence-corrected chi connectivity index (χ3v) is 2.79. The van der Waals surface area contributed by atoms with E-state index in [-0.39, 0.29) is 5.91 Å². The molecule has 15 heavy (non-hydrogen) atoms. The van der Waals surface area contributed by atoms with E-state index in [1.807, 2.05) is 13.8 Å². The van der Waals surface area contributed by atoms with Crippen molar-refractivity contribution in [1.29, 1.82) is 0 Å². The number of hydrogen-bond donors (Lipinski definition) is 0. The van der Waals surface area contributed by atoms with Crippen LogP contribution in [-0.2, 0) is 6.42 Å². The van der Waals surface area contributed by atoms with E-state index in [9.17, 15) is 4.79 Å². The number of nitrogens with zero attached hydrogens (tertiary/aromatic N) is 3. The number of carbonyl (C=O) groups is 1. The van der Waals surface area contributed by atoms with E-state index in [0.29, 0.717) is 24.4 Å². The Labute approximate surface area is 93.5 Å². The zero-order chi connectivity index (χ0) is 11.3. The first-order valence-corrected chi connectivity index (χ1v) is 5.55. The molecule has 0 saturated carbocycles. The summed E-state index contributed by atoms with van der Waals surface area (Å²) in [5.41, 5.74) is 0.750. The molecule has 0 atom stereocenters. The fraction of sp³-hybridized carbons (Fsp3) is 0.500. The van der Waals surface area contributed by atoms with Gasteiger partial charge < -0.3 is 4.90 Å². The summed E-state index contributed by atoms with van der Waals surface area (Å²) in [6, 6.07) is 0. The predicted molar refractivity (Wildman–Crippen MR) is 59.7 cm³/mol. The number of rotatable bonds is 4. The average molecular weight is 223 g/mol. The highest BCUT2D eigenvalue weighted by Gasteiger charge is 2.19. The smallest absolute Gasteiger partial charge is 0.268 e. The molecule has 1 amide bonds. The van der Waals surface area contributed by atoms with Crippen molar-refractivity contribution in [2.45, 2.75) is 20.3 Å². The standard InChI is InChI=1S/C10H13N3OS/c1-4-7-13(6-3)10(14)9-8(5-2)11-12-15-9/h1H,5-7H2,2-3H3. The lowest BCUT2D eigenvalue weighted by atomic mass is 10.2. The van der Waals surface area contributed by atoms with E-state index in [2.05, 4.69) is 15.5 Å². The van der Waals surface area contributed by atoms with Crippen LogP contribution in [-0.4, -0.2) is 33.5 Å². The molecule has 0 spiro atoms. The summed E-state index contributed by atoms with van der Waals surface area (Å²) in [6.45, 7) is 4.78. The van der Waals surface area contributed by atoms with E-state index >= 15 is 0 Å². The van der Waals surface area contributed by atoms with Crippen LogP contribution in [0, 0.1) is 12.3 Å². The van der Waals surface area contributed by atoms with Gasteiger partial charge in [0.05, 0.1) is 12.2 Å². The Bertz CT molecular complexity index is 380. The monoisotopic (exact) mass is 223 g/mol. The molecule has 4 nitrogen and oxygen atoms in total. The maximum atomic E-state index is 12.0. The minimum Gasteiger partial charge on any atom is -0.327 e. The predicted octanol–water partition coefficient (Wildman–Crippen LogP) is 1.20. The molecular formula is C10H13N3OS. The van der Waals surface area contributed by atoms with Crippen molar-refractivity contribution >= 4 is 17.4 Å². The molecule has 1 aromatic rings. The summed E-state index contributed by atoms with van der Waals surface area (Å²) in [5, 5.41) is 3.90. The Balaban J connectivity index is 2.88. The summed E-state index contributed by atoms with van der Waals surface area (Å²) in [7, 11) is 0. The molecule has 0 aromatic carbocycles. The maximum absolute atomic E-state index is 12.0. The molecule has 1 heterocycles. The zero-order valence-corrected chi connectivity index (χ0v) is 9.67. The van der Waals surface area contributed by atoms with Crippen LogP contribution >= 0.6 is 11.5 Å². The van der Waals surface area contributed by atoms with Gasteiger partial charge in [-0.2, -0.15) is 0 Å². The van der Waals surface area contributed by atoms with Crippen LogP contribution in [0.5, 0.6) is 0 Å². The molecule has 0 bridgehead atoms. The molecule has 0 unspecified atom stereocenters. The lowest BCUT2D eigenvalue weighted by Gasteiger charge is -2.16. The molecule has 0 radical (unpaired) electrons. The lowest BCUT2D eigenvalue weighted by Crippen LogP contribution is -2.31. The van der Waals surface area contributed by atoms with Gasteiger partial charge in [-0.1, -0.05) is 17.3 Å². The lowest BCUT2D eigenvalue weighted by molar-refractivity contribution is 0.0788. The summed E-state index contributed by atoms with van der Waals surface area (Å²) in [6.07, 6.45) is 5.91. The average Bonchev–Trinajstić information content (AvgIpc) is 2.72. The van der Waals surface area contributed by atoms with Gasteiger partial charge in [-0.05, 0) is 24.9 Å². The van der Waals surface area contributed by atoms with Crippen LogP contribution in [0.3, 0.4) is 0 Å². The third-order valence-electron chi connectivity index (χ3n) is 2.04. The minimum atomic E-state index is -0.0673. The van der Waals surface area contributed by atoms with Gasteiger partial charge >= 0.3 is 0 Å². The number of hydrogen-bond acceptors (Lipinski definition) is 4. The van der Waals surface area contributed by atoms with Crippen molar-refractivity contribution in [3.8, 4) is 12.3 Å². The molecular weight excluding hydrogens is 210 g/mol. The molecule has 0 saturated heterocycles. The molecule has 0 N–H and O–H groups in total. The minimum absolute atomic E-state index is 0.0673. The van der Waals surface area contributed by atoms with Crippen LogP contribution in [0.2, 0.25) is 0 Å². The van der Waals surface area contributed by atoms with E-state index in [0.717, 1.165) is 17.2 Å². The zero-order valence-electron chi connectivity index (χ0n) is 8.86. The van der Waals surface area contributed by atoms with Crippen LogP contribution in [0.4, 0.5) is 0 Å². The molecule has 0 fully saturated rings. The van der Waals surface area contributed by atoms with Gasteiger partial charge in [-0.25, -0.2) is 0 Å². The number of amides is 1. The van der Waals surface area contributed by atoms with Crippen molar-refractivity contribution in [2.24, 2.45) is 0 Å².